The maximum atomic E-state index is 12.9. The molecule has 3 rings (SSSR count). The summed E-state index contributed by atoms with van der Waals surface area (Å²) in [5, 5.41) is 9.44. The lowest BCUT2D eigenvalue weighted by molar-refractivity contribution is 0.168. The lowest BCUT2D eigenvalue weighted by Gasteiger charge is -2.36. The van der Waals surface area contributed by atoms with E-state index < -0.39 is 10.0 Å². The van der Waals surface area contributed by atoms with E-state index in [1.54, 1.807) is 6.07 Å². The molecule has 2 saturated heterocycles. The Morgan fingerprint density at radius 3 is 2.39 bits per heavy atom. The number of aliphatic hydroxyl groups is 1. The van der Waals surface area contributed by atoms with Crippen LogP contribution in [0.25, 0.3) is 0 Å². The summed E-state index contributed by atoms with van der Waals surface area (Å²) in [6, 6.07) is 5.16. The zero-order valence-corrected chi connectivity index (χ0v) is 14.7. The molecule has 0 bridgehead atoms. The van der Waals surface area contributed by atoms with Crippen LogP contribution in [0.5, 0.6) is 0 Å². The minimum atomic E-state index is -3.60. The van der Waals surface area contributed by atoms with E-state index in [1.807, 2.05) is 0 Å². The summed E-state index contributed by atoms with van der Waals surface area (Å²) in [7, 11) is -3.60. The molecule has 1 aromatic rings. The Kier molecular flexibility index (Phi) is 5.28. The van der Waals surface area contributed by atoms with E-state index in [1.165, 1.54) is 29.3 Å². The average molecular weight is 359 g/mol. The number of hydrogen-bond donors (Lipinski definition) is 1. The van der Waals surface area contributed by atoms with Gasteiger partial charge in [0.1, 0.15) is 4.90 Å². The first kappa shape index (κ1) is 17.2. The molecular weight excluding hydrogens is 336 g/mol. The van der Waals surface area contributed by atoms with Gasteiger partial charge in [0.15, 0.2) is 0 Å². The second-order valence-electron chi connectivity index (χ2n) is 6.30. The van der Waals surface area contributed by atoms with Gasteiger partial charge in [-0.1, -0.05) is 17.7 Å². The Morgan fingerprint density at radius 1 is 1.13 bits per heavy atom. The fraction of sp³-hybridized carbons (Fsp3) is 0.625. The van der Waals surface area contributed by atoms with Crippen LogP contribution in [-0.4, -0.2) is 55.0 Å². The molecule has 2 aliphatic rings. The third-order valence-corrected chi connectivity index (χ3v) is 7.26. The molecule has 5 nitrogen and oxygen atoms in total. The molecular formula is C16H23ClN2O3S. The van der Waals surface area contributed by atoms with Crippen LogP contribution in [0.15, 0.2) is 23.1 Å². The summed E-state index contributed by atoms with van der Waals surface area (Å²) in [4.78, 5) is 2.59. The minimum Gasteiger partial charge on any atom is -0.392 e. The maximum Gasteiger partial charge on any atom is 0.244 e. The summed E-state index contributed by atoms with van der Waals surface area (Å²) >= 11 is 6.09. The molecule has 1 aromatic carbocycles. The quantitative estimate of drug-likeness (QED) is 0.895. The molecule has 7 heteroatoms. The minimum absolute atomic E-state index is 0.102. The van der Waals surface area contributed by atoms with Gasteiger partial charge in [0.05, 0.1) is 11.6 Å². The van der Waals surface area contributed by atoms with Crippen molar-refractivity contribution in [1.29, 1.82) is 0 Å². The first-order valence-corrected chi connectivity index (χ1v) is 9.97. The lowest BCUT2D eigenvalue weighted by Crippen LogP contribution is -2.45. The van der Waals surface area contributed by atoms with Gasteiger partial charge in [0, 0.05) is 19.1 Å². The molecule has 0 spiro atoms. The molecule has 0 unspecified atom stereocenters. The first-order valence-electron chi connectivity index (χ1n) is 8.16. The fourth-order valence-electron chi connectivity index (χ4n) is 3.54. The van der Waals surface area contributed by atoms with Crippen LogP contribution in [0.3, 0.4) is 0 Å². The van der Waals surface area contributed by atoms with Crippen molar-refractivity contribution in [2.45, 2.75) is 43.2 Å². The van der Waals surface area contributed by atoms with Crippen molar-refractivity contribution < 1.29 is 13.5 Å². The van der Waals surface area contributed by atoms with Gasteiger partial charge in [-0.15, -0.1) is 0 Å². The Labute approximate surface area is 142 Å². The lowest BCUT2D eigenvalue weighted by atomic mass is 10.1. The summed E-state index contributed by atoms with van der Waals surface area (Å²) < 4.78 is 27.2. The van der Waals surface area contributed by atoms with E-state index >= 15 is 0 Å². The van der Waals surface area contributed by atoms with Gasteiger partial charge in [-0.05, 0) is 56.5 Å². The van der Waals surface area contributed by atoms with Gasteiger partial charge in [-0.25, -0.2) is 8.42 Å². The smallest absolute Gasteiger partial charge is 0.244 e. The van der Waals surface area contributed by atoms with E-state index in [0.29, 0.717) is 24.7 Å². The predicted octanol–water partition coefficient (Wildman–Crippen LogP) is 2.08. The van der Waals surface area contributed by atoms with Crippen LogP contribution in [0, 0.1) is 0 Å². The van der Waals surface area contributed by atoms with Crippen LogP contribution in [0.2, 0.25) is 5.02 Å². The Morgan fingerprint density at radius 2 is 1.78 bits per heavy atom. The Hall–Kier alpha value is -0.660. The highest BCUT2D eigenvalue weighted by atomic mass is 35.5. The molecule has 0 aromatic heterocycles. The number of sulfonamides is 1. The SMILES string of the molecule is O=S(=O)(c1cc(CO)ccc1Cl)N1CCC(N2CCCC2)CC1. The highest BCUT2D eigenvalue weighted by Crippen LogP contribution is 2.29. The van der Waals surface area contributed by atoms with Crippen molar-refractivity contribution in [3.63, 3.8) is 0 Å². The molecule has 0 amide bonds. The second kappa shape index (κ2) is 7.07. The number of hydrogen-bond acceptors (Lipinski definition) is 4. The zero-order chi connectivity index (χ0) is 16.4. The second-order valence-corrected chi connectivity index (χ2v) is 8.61. The van der Waals surface area contributed by atoms with Crippen molar-refractivity contribution in [1.82, 2.24) is 9.21 Å². The number of aliphatic hydroxyl groups excluding tert-OH is 1. The van der Waals surface area contributed by atoms with E-state index in [4.69, 9.17) is 11.6 Å². The van der Waals surface area contributed by atoms with Crippen LogP contribution in [-0.2, 0) is 16.6 Å². The fourth-order valence-corrected chi connectivity index (χ4v) is 5.53. The molecule has 0 saturated carbocycles. The van der Waals surface area contributed by atoms with Crippen LogP contribution in [0.4, 0.5) is 0 Å². The Balaban J connectivity index is 1.74. The molecule has 0 aliphatic carbocycles. The molecule has 2 aliphatic heterocycles. The van der Waals surface area contributed by atoms with Crippen molar-refractivity contribution >= 4 is 21.6 Å². The van der Waals surface area contributed by atoms with Crippen LogP contribution >= 0.6 is 11.6 Å². The van der Waals surface area contributed by atoms with E-state index in [-0.39, 0.29) is 16.5 Å². The van der Waals surface area contributed by atoms with Crippen molar-refractivity contribution in [3.05, 3.63) is 28.8 Å². The first-order chi connectivity index (χ1) is 11.0. The molecule has 0 radical (unpaired) electrons. The normalized spacial score (nSPS) is 21.8. The highest BCUT2D eigenvalue weighted by Gasteiger charge is 2.33. The van der Waals surface area contributed by atoms with E-state index in [0.717, 1.165) is 25.9 Å². The molecule has 2 fully saturated rings. The van der Waals surface area contributed by atoms with Gasteiger partial charge >= 0.3 is 0 Å². The molecule has 1 N–H and O–H groups in total. The van der Waals surface area contributed by atoms with Gasteiger partial charge in [-0.2, -0.15) is 4.31 Å². The number of nitrogens with zero attached hydrogens (tertiary/aromatic N) is 2. The summed E-state index contributed by atoms with van der Waals surface area (Å²) in [5.74, 6) is 0. The molecule has 0 atom stereocenters. The van der Waals surface area contributed by atoms with Crippen LogP contribution in [0.1, 0.15) is 31.2 Å². The summed E-state index contributed by atoms with van der Waals surface area (Å²) in [5.41, 5.74) is 0.555. The molecule has 2 heterocycles. The van der Waals surface area contributed by atoms with Crippen molar-refractivity contribution in [2.75, 3.05) is 26.2 Å². The van der Waals surface area contributed by atoms with Gasteiger partial charge in [-0.3, -0.25) is 0 Å². The van der Waals surface area contributed by atoms with Gasteiger partial charge in [0.2, 0.25) is 10.0 Å². The summed E-state index contributed by atoms with van der Waals surface area (Å²) in [6.07, 6.45) is 4.25. The number of likely N-dealkylation sites (tertiary alicyclic amines) is 1. The number of benzene rings is 1. The van der Waals surface area contributed by atoms with E-state index in [9.17, 15) is 13.5 Å². The number of piperidine rings is 1. The largest absolute Gasteiger partial charge is 0.392 e. The van der Waals surface area contributed by atoms with Crippen molar-refractivity contribution in [2.24, 2.45) is 0 Å². The van der Waals surface area contributed by atoms with Crippen molar-refractivity contribution in [3.8, 4) is 0 Å². The van der Waals surface area contributed by atoms with E-state index in [2.05, 4.69) is 4.90 Å². The Bertz CT molecular complexity index is 651. The van der Waals surface area contributed by atoms with Gasteiger partial charge in [0.25, 0.3) is 0 Å². The number of rotatable bonds is 4. The maximum absolute atomic E-state index is 12.9. The number of halogens is 1. The standard InChI is InChI=1S/C16H23ClN2O3S/c17-15-4-3-13(12-20)11-16(15)23(21,22)19-9-5-14(6-10-19)18-7-1-2-8-18/h3-4,11,14,20H,1-2,5-10,12H2. The molecule has 23 heavy (non-hydrogen) atoms. The van der Waals surface area contributed by atoms with Gasteiger partial charge < -0.3 is 10.0 Å². The predicted molar refractivity (Wildman–Crippen MR) is 90.0 cm³/mol. The third kappa shape index (κ3) is 3.56. The summed E-state index contributed by atoms with van der Waals surface area (Å²) in [6.45, 7) is 3.15. The highest BCUT2D eigenvalue weighted by molar-refractivity contribution is 7.89. The zero-order valence-electron chi connectivity index (χ0n) is 13.1. The third-order valence-electron chi connectivity index (χ3n) is 4.88. The molecule has 128 valence electrons. The topological polar surface area (TPSA) is 60.9 Å². The average Bonchev–Trinajstić information content (AvgIpc) is 3.10. The monoisotopic (exact) mass is 358 g/mol. The van der Waals surface area contributed by atoms with Crippen LogP contribution < -0.4 is 0 Å².